The second kappa shape index (κ2) is 10.4. The van der Waals surface area contributed by atoms with Gasteiger partial charge in [0.05, 0.1) is 31.0 Å². The summed E-state index contributed by atoms with van der Waals surface area (Å²) in [6.45, 7) is 0.0965. The van der Waals surface area contributed by atoms with E-state index in [1.807, 2.05) is 36.4 Å². The van der Waals surface area contributed by atoms with E-state index in [2.05, 4.69) is 4.98 Å². The van der Waals surface area contributed by atoms with E-state index in [0.717, 1.165) is 0 Å². The Morgan fingerprint density at radius 1 is 0.865 bits per heavy atom. The molecule has 1 fully saturated rings. The van der Waals surface area contributed by atoms with Gasteiger partial charge in [0.25, 0.3) is 11.7 Å². The molecule has 184 valence electrons. The number of aromatic nitrogens is 1. The van der Waals surface area contributed by atoms with Gasteiger partial charge in [0.15, 0.2) is 0 Å². The maximum absolute atomic E-state index is 13.3. The van der Waals surface area contributed by atoms with Gasteiger partial charge in [0.1, 0.15) is 23.0 Å². The summed E-state index contributed by atoms with van der Waals surface area (Å²) in [5.74, 6) is 0.0686. The Bertz CT molecular complexity index is 1450. The molecule has 1 amide bonds. The number of para-hydroxylation sites is 1. The van der Waals surface area contributed by atoms with Crippen LogP contribution in [0.15, 0.2) is 109 Å². The zero-order chi connectivity index (χ0) is 25.8. The number of nitrogens with zero attached hydrogens (tertiary/aromatic N) is 2. The lowest BCUT2D eigenvalue weighted by Gasteiger charge is -2.25. The number of carbonyl (C=O) groups is 2. The van der Waals surface area contributed by atoms with Gasteiger partial charge in [-0.3, -0.25) is 14.6 Å². The van der Waals surface area contributed by atoms with Crippen LogP contribution in [0.2, 0.25) is 0 Å². The van der Waals surface area contributed by atoms with Crippen molar-refractivity contribution < 1.29 is 24.2 Å². The SMILES string of the molecule is COc1ccc(/C(O)=C2/C(=O)C(=O)N(Cc3ccccn3)C2c2cccc(Oc3ccccc3)c2)cc1. The summed E-state index contributed by atoms with van der Waals surface area (Å²) in [4.78, 5) is 32.3. The molecule has 1 unspecified atom stereocenters. The minimum Gasteiger partial charge on any atom is -0.507 e. The van der Waals surface area contributed by atoms with E-state index < -0.39 is 17.7 Å². The Morgan fingerprint density at radius 2 is 1.59 bits per heavy atom. The van der Waals surface area contributed by atoms with Crippen LogP contribution in [0.1, 0.15) is 22.9 Å². The molecule has 1 atom stereocenters. The summed E-state index contributed by atoms with van der Waals surface area (Å²) in [6, 6.07) is 27.7. The molecule has 0 radical (unpaired) electrons. The Morgan fingerprint density at radius 3 is 2.30 bits per heavy atom. The van der Waals surface area contributed by atoms with Crippen molar-refractivity contribution in [3.8, 4) is 17.2 Å². The first-order valence-electron chi connectivity index (χ1n) is 11.7. The molecule has 3 aromatic carbocycles. The number of ketones is 1. The second-order valence-electron chi connectivity index (χ2n) is 8.46. The fourth-order valence-electron chi connectivity index (χ4n) is 4.33. The molecule has 1 aliphatic heterocycles. The fourth-order valence-corrected chi connectivity index (χ4v) is 4.33. The predicted octanol–water partition coefficient (Wildman–Crippen LogP) is 5.50. The molecule has 0 spiro atoms. The van der Waals surface area contributed by atoms with Gasteiger partial charge in [-0.15, -0.1) is 0 Å². The van der Waals surface area contributed by atoms with Crippen LogP contribution in [0, 0.1) is 0 Å². The molecule has 0 aliphatic carbocycles. The van der Waals surface area contributed by atoms with Crippen LogP contribution >= 0.6 is 0 Å². The van der Waals surface area contributed by atoms with Gasteiger partial charge in [0, 0.05) is 11.8 Å². The molecule has 7 heteroatoms. The molecular formula is C30H24N2O5. The van der Waals surface area contributed by atoms with Crippen LogP contribution in [0.5, 0.6) is 17.2 Å². The third kappa shape index (κ3) is 4.92. The minimum absolute atomic E-state index is 0.00274. The predicted molar refractivity (Wildman–Crippen MR) is 138 cm³/mol. The largest absolute Gasteiger partial charge is 0.507 e. The Kier molecular flexibility index (Phi) is 6.68. The highest BCUT2D eigenvalue weighted by atomic mass is 16.5. The third-order valence-electron chi connectivity index (χ3n) is 6.11. The number of methoxy groups -OCH3 is 1. The number of hydrogen-bond acceptors (Lipinski definition) is 6. The standard InChI is InChI=1S/C30H24N2O5/c1-36-23-15-13-20(14-16-23)28(33)26-27(32(30(35)29(26)34)19-22-9-5-6-17-31-22)21-8-7-12-25(18-21)37-24-10-3-2-4-11-24/h2-18,27,33H,19H2,1H3/b28-26-. The molecule has 1 aromatic heterocycles. The van der Waals surface area contributed by atoms with Crippen molar-refractivity contribution in [3.05, 3.63) is 126 Å². The van der Waals surface area contributed by atoms with Crippen molar-refractivity contribution in [3.63, 3.8) is 0 Å². The van der Waals surface area contributed by atoms with Crippen molar-refractivity contribution in [1.29, 1.82) is 0 Å². The van der Waals surface area contributed by atoms with Crippen molar-refractivity contribution in [1.82, 2.24) is 9.88 Å². The van der Waals surface area contributed by atoms with E-state index in [1.54, 1.807) is 74.0 Å². The molecule has 4 aromatic rings. The number of aliphatic hydroxyl groups excluding tert-OH is 1. The maximum Gasteiger partial charge on any atom is 0.296 e. The first kappa shape index (κ1) is 23.8. The molecule has 1 saturated heterocycles. The average molecular weight is 493 g/mol. The Balaban J connectivity index is 1.60. The van der Waals surface area contributed by atoms with E-state index in [4.69, 9.17) is 9.47 Å². The molecule has 5 rings (SSSR count). The summed E-state index contributed by atoms with van der Waals surface area (Å²) in [7, 11) is 1.54. The fraction of sp³-hybridized carbons (Fsp3) is 0.100. The number of pyridine rings is 1. The summed E-state index contributed by atoms with van der Waals surface area (Å²) in [5.41, 5.74) is 1.65. The lowest BCUT2D eigenvalue weighted by molar-refractivity contribution is -0.140. The first-order chi connectivity index (χ1) is 18.0. The summed E-state index contributed by atoms with van der Waals surface area (Å²) in [5, 5.41) is 11.3. The van der Waals surface area contributed by atoms with Crippen molar-refractivity contribution in [2.24, 2.45) is 0 Å². The van der Waals surface area contributed by atoms with Crippen LogP contribution in [0.25, 0.3) is 5.76 Å². The van der Waals surface area contributed by atoms with Crippen LogP contribution < -0.4 is 9.47 Å². The number of aliphatic hydroxyl groups is 1. The lowest BCUT2D eigenvalue weighted by atomic mass is 9.95. The second-order valence-corrected chi connectivity index (χ2v) is 8.46. The molecular weight excluding hydrogens is 468 g/mol. The number of likely N-dealkylation sites (tertiary alicyclic amines) is 1. The molecule has 0 saturated carbocycles. The van der Waals surface area contributed by atoms with Crippen molar-refractivity contribution >= 4 is 17.4 Å². The number of benzene rings is 3. The highest BCUT2D eigenvalue weighted by molar-refractivity contribution is 6.46. The molecule has 37 heavy (non-hydrogen) atoms. The third-order valence-corrected chi connectivity index (χ3v) is 6.11. The van der Waals surface area contributed by atoms with Gasteiger partial charge in [-0.2, -0.15) is 0 Å². The highest BCUT2D eigenvalue weighted by Gasteiger charge is 2.46. The summed E-state index contributed by atoms with van der Waals surface area (Å²) in [6.07, 6.45) is 1.63. The van der Waals surface area contributed by atoms with Gasteiger partial charge in [-0.05, 0) is 66.2 Å². The average Bonchev–Trinajstić information content (AvgIpc) is 3.19. The van der Waals surface area contributed by atoms with Crippen LogP contribution in [0.4, 0.5) is 0 Å². The van der Waals surface area contributed by atoms with Crippen LogP contribution in [-0.2, 0) is 16.1 Å². The molecule has 2 heterocycles. The van der Waals surface area contributed by atoms with Gasteiger partial charge in [0.2, 0.25) is 0 Å². The quantitative estimate of drug-likeness (QED) is 0.208. The van der Waals surface area contributed by atoms with E-state index >= 15 is 0 Å². The first-order valence-corrected chi connectivity index (χ1v) is 11.7. The molecule has 1 aliphatic rings. The zero-order valence-electron chi connectivity index (χ0n) is 20.1. The maximum atomic E-state index is 13.3. The number of carbonyl (C=O) groups excluding carboxylic acids is 2. The van der Waals surface area contributed by atoms with E-state index in [9.17, 15) is 14.7 Å². The summed E-state index contributed by atoms with van der Waals surface area (Å²) < 4.78 is 11.2. The summed E-state index contributed by atoms with van der Waals surface area (Å²) >= 11 is 0. The lowest BCUT2D eigenvalue weighted by Crippen LogP contribution is -2.29. The van der Waals surface area contributed by atoms with E-state index in [0.29, 0.717) is 34.1 Å². The monoisotopic (exact) mass is 492 g/mol. The minimum atomic E-state index is -0.844. The Labute approximate surface area is 214 Å². The normalized spacial score (nSPS) is 16.6. The van der Waals surface area contributed by atoms with Gasteiger partial charge in [-0.25, -0.2) is 0 Å². The zero-order valence-corrected chi connectivity index (χ0v) is 20.1. The topological polar surface area (TPSA) is 89.0 Å². The Hall–Kier alpha value is -4.91. The molecule has 7 nitrogen and oxygen atoms in total. The highest BCUT2D eigenvalue weighted by Crippen LogP contribution is 2.41. The van der Waals surface area contributed by atoms with E-state index in [-0.39, 0.29) is 17.9 Å². The van der Waals surface area contributed by atoms with Gasteiger partial charge >= 0.3 is 0 Å². The van der Waals surface area contributed by atoms with Gasteiger partial charge < -0.3 is 19.5 Å². The number of hydrogen-bond donors (Lipinski definition) is 1. The molecule has 1 N–H and O–H groups in total. The number of ether oxygens (including phenoxy) is 2. The van der Waals surface area contributed by atoms with Crippen molar-refractivity contribution in [2.75, 3.05) is 7.11 Å². The number of amides is 1. The van der Waals surface area contributed by atoms with Crippen LogP contribution in [0.3, 0.4) is 0 Å². The van der Waals surface area contributed by atoms with Crippen LogP contribution in [-0.4, -0.2) is 33.8 Å². The van der Waals surface area contributed by atoms with Crippen molar-refractivity contribution in [2.45, 2.75) is 12.6 Å². The number of Topliss-reactive ketones (excluding diaryl/α,β-unsaturated/α-hetero) is 1. The van der Waals surface area contributed by atoms with Gasteiger partial charge in [-0.1, -0.05) is 36.4 Å². The molecule has 0 bridgehead atoms. The number of rotatable bonds is 7. The van der Waals surface area contributed by atoms with E-state index in [1.165, 1.54) is 4.90 Å². The smallest absolute Gasteiger partial charge is 0.296 e.